The molecule has 0 bridgehead atoms. The third-order valence-electron chi connectivity index (χ3n) is 3.37. The van der Waals surface area contributed by atoms with Gasteiger partial charge in [0, 0.05) is 7.11 Å². The molecule has 0 saturated carbocycles. The van der Waals surface area contributed by atoms with Crippen molar-refractivity contribution in [2.45, 2.75) is 26.1 Å². The SMILES string of the molecule is COCc1nc(C)c(C(=O)NCC(C)(O)c2ccc(F)cc2)s1. The van der Waals surface area contributed by atoms with Crippen molar-refractivity contribution in [3.05, 3.63) is 51.2 Å². The number of hydrogen-bond donors (Lipinski definition) is 2. The second-order valence-corrected chi connectivity index (χ2v) is 6.50. The molecule has 1 unspecified atom stereocenters. The van der Waals surface area contributed by atoms with Gasteiger partial charge in [-0.25, -0.2) is 9.37 Å². The van der Waals surface area contributed by atoms with Crippen molar-refractivity contribution in [3.8, 4) is 0 Å². The Morgan fingerprint density at radius 1 is 1.43 bits per heavy atom. The highest BCUT2D eigenvalue weighted by atomic mass is 32.1. The van der Waals surface area contributed by atoms with Gasteiger partial charge in [0.25, 0.3) is 5.91 Å². The van der Waals surface area contributed by atoms with E-state index < -0.39 is 5.60 Å². The summed E-state index contributed by atoms with van der Waals surface area (Å²) >= 11 is 1.26. The van der Waals surface area contributed by atoms with Gasteiger partial charge in [-0.3, -0.25) is 4.79 Å². The molecule has 0 fully saturated rings. The van der Waals surface area contributed by atoms with E-state index in [9.17, 15) is 14.3 Å². The molecule has 23 heavy (non-hydrogen) atoms. The Labute approximate surface area is 138 Å². The minimum atomic E-state index is -1.29. The highest BCUT2D eigenvalue weighted by molar-refractivity contribution is 7.13. The summed E-state index contributed by atoms with van der Waals surface area (Å²) in [5.74, 6) is -0.677. The molecule has 0 saturated heterocycles. The third-order valence-corrected chi connectivity index (χ3v) is 4.50. The number of nitrogens with zero attached hydrogens (tertiary/aromatic N) is 1. The van der Waals surface area contributed by atoms with Crippen LogP contribution in [0.15, 0.2) is 24.3 Å². The van der Waals surface area contributed by atoms with E-state index in [0.717, 1.165) is 5.01 Å². The lowest BCUT2D eigenvalue weighted by Gasteiger charge is -2.24. The Morgan fingerprint density at radius 3 is 2.70 bits per heavy atom. The number of ether oxygens (including phenoxy) is 1. The molecule has 2 aromatic rings. The number of thiazole rings is 1. The second kappa shape index (κ2) is 7.16. The number of aromatic nitrogens is 1. The topological polar surface area (TPSA) is 71.5 Å². The minimum Gasteiger partial charge on any atom is -0.384 e. The molecule has 0 spiro atoms. The fourth-order valence-corrected chi connectivity index (χ4v) is 3.05. The minimum absolute atomic E-state index is 0.00835. The van der Waals surface area contributed by atoms with E-state index in [0.29, 0.717) is 22.7 Å². The van der Waals surface area contributed by atoms with E-state index in [1.54, 1.807) is 21.0 Å². The summed E-state index contributed by atoms with van der Waals surface area (Å²) in [4.78, 5) is 17.0. The van der Waals surface area contributed by atoms with E-state index in [1.807, 2.05) is 0 Å². The molecule has 1 aromatic carbocycles. The molecule has 124 valence electrons. The maximum Gasteiger partial charge on any atom is 0.263 e. The van der Waals surface area contributed by atoms with E-state index in [1.165, 1.54) is 35.6 Å². The summed E-state index contributed by atoms with van der Waals surface area (Å²) in [6.07, 6.45) is 0. The maximum absolute atomic E-state index is 13.0. The Hall–Kier alpha value is -1.83. The first kappa shape index (κ1) is 17.5. The van der Waals surface area contributed by atoms with E-state index in [4.69, 9.17) is 4.74 Å². The predicted octanol–water partition coefficient (Wildman–Crippen LogP) is 2.37. The van der Waals surface area contributed by atoms with E-state index >= 15 is 0 Å². The van der Waals surface area contributed by atoms with Gasteiger partial charge in [-0.15, -0.1) is 11.3 Å². The molecular weight excluding hydrogens is 319 g/mol. The van der Waals surface area contributed by atoms with Gasteiger partial charge in [0.05, 0.1) is 18.8 Å². The third kappa shape index (κ3) is 4.34. The summed E-state index contributed by atoms with van der Waals surface area (Å²) < 4.78 is 18.0. The largest absolute Gasteiger partial charge is 0.384 e. The summed E-state index contributed by atoms with van der Waals surface area (Å²) in [6, 6.07) is 5.54. The zero-order valence-electron chi connectivity index (χ0n) is 13.2. The summed E-state index contributed by atoms with van der Waals surface area (Å²) in [7, 11) is 1.57. The van der Waals surface area contributed by atoms with Crippen LogP contribution in [0.1, 0.15) is 32.9 Å². The number of carbonyl (C=O) groups is 1. The number of methoxy groups -OCH3 is 1. The van der Waals surface area contributed by atoms with Crippen molar-refractivity contribution in [2.24, 2.45) is 0 Å². The monoisotopic (exact) mass is 338 g/mol. The van der Waals surface area contributed by atoms with Crippen molar-refractivity contribution in [1.82, 2.24) is 10.3 Å². The van der Waals surface area contributed by atoms with Crippen LogP contribution in [-0.2, 0) is 16.9 Å². The van der Waals surface area contributed by atoms with Gasteiger partial charge in [-0.2, -0.15) is 0 Å². The number of nitrogens with one attached hydrogen (secondary N) is 1. The number of aryl methyl sites for hydroxylation is 1. The van der Waals surface area contributed by atoms with Crippen LogP contribution in [0.5, 0.6) is 0 Å². The summed E-state index contributed by atoms with van der Waals surface area (Å²) in [5, 5.41) is 13.9. The molecule has 2 N–H and O–H groups in total. The van der Waals surface area contributed by atoms with Gasteiger partial charge < -0.3 is 15.2 Å². The fourth-order valence-electron chi connectivity index (χ4n) is 2.09. The lowest BCUT2D eigenvalue weighted by Crippen LogP contribution is -2.38. The average molecular weight is 338 g/mol. The predicted molar refractivity (Wildman–Crippen MR) is 85.9 cm³/mol. The molecule has 0 aliphatic heterocycles. The second-order valence-electron chi connectivity index (χ2n) is 5.42. The Morgan fingerprint density at radius 2 is 2.09 bits per heavy atom. The molecule has 2 rings (SSSR count). The van der Waals surface area contributed by atoms with Crippen LogP contribution in [0, 0.1) is 12.7 Å². The molecule has 7 heteroatoms. The van der Waals surface area contributed by atoms with E-state index in [2.05, 4.69) is 10.3 Å². The number of hydrogen-bond acceptors (Lipinski definition) is 5. The molecule has 0 aliphatic carbocycles. The van der Waals surface area contributed by atoms with Gasteiger partial charge in [-0.05, 0) is 31.5 Å². The first-order valence-corrected chi connectivity index (χ1v) is 7.87. The van der Waals surface area contributed by atoms with Crippen molar-refractivity contribution in [3.63, 3.8) is 0 Å². The molecule has 1 aromatic heterocycles. The zero-order chi connectivity index (χ0) is 17.0. The summed E-state index contributed by atoms with van der Waals surface area (Å²) in [5.41, 5.74) is -0.140. The van der Waals surface area contributed by atoms with Gasteiger partial charge in [0.15, 0.2) is 0 Å². The van der Waals surface area contributed by atoms with Gasteiger partial charge >= 0.3 is 0 Å². The smallest absolute Gasteiger partial charge is 0.263 e. The molecule has 1 atom stereocenters. The van der Waals surface area contributed by atoms with Gasteiger partial charge in [0.2, 0.25) is 0 Å². The Balaban J connectivity index is 2.04. The lowest BCUT2D eigenvalue weighted by atomic mass is 9.96. The van der Waals surface area contributed by atoms with Crippen LogP contribution in [-0.4, -0.2) is 29.7 Å². The number of amides is 1. The van der Waals surface area contributed by atoms with Crippen molar-refractivity contribution in [2.75, 3.05) is 13.7 Å². The summed E-state index contributed by atoms with van der Waals surface area (Å²) in [6.45, 7) is 3.68. The van der Waals surface area contributed by atoms with E-state index in [-0.39, 0.29) is 18.3 Å². The quantitative estimate of drug-likeness (QED) is 0.848. The average Bonchev–Trinajstić information content (AvgIpc) is 2.86. The lowest BCUT2D eigenvalue weighted by molar-refractivity contribution is 0.0527. The molecule has 0 radical (unpaired) electrons. The zero-order valence-corrected chi connectivity index (χ0v) is 14.0. The number of aliphatic hydroxyl groups is 1. The Kier molecular flexibility index (Phi) is 5.46. The molecule has 1 heterocycles. The fraction of sp³-hybridized carbons (Fsp3) is 0.375. The number of rotatable bonds is 6. The number of carbonyl (C=O) groups excluding carboxylic acids is 1. The first-order valence-electron chi connectivity index (χ1n) is 7.05. The van der Waals surface area contributed by atoms with Crippen LogP contribution in [0.4, 0.5) is 4.39 Å². The van der Waals surface area contributed by atoms with Crippen molar-refractivity contribution < 1.29 is 19.0 Å². The molecule has 0 aliphatic rings. The van der Waals surface area contributed by atoms with Gasteiger partial charge in [0.1, 0.15) is 21.3 Å². The molecule has 5 nitrogen and oxygen atoms in total. The molecular formula is C16H19FN2O3S. The van der Waals surface area contributed by atoms with Gasteiger partial charge in [-0.1, -0.05) is 12.1 Å². The van der Waals surface area contributed by atoms with Crippen molar-refractivity contribution >= 4 is 17.2 Å². The maximum atomic E-state index is 13.0. The molecule has 1 amide bonds. The standard InChI is InChI=1S/C16H19FN2O3S/c1-10-14(23-13(19-10)8-22-3)15(20)18-9-16(2,21)11-4-6-12(17)7-5-11/h4-7,21H,8-9H2,1-3H3,(H,18,20). The van der Waals surface area contributed by atoms with Crippen LogP contribution >= 0.6 is 11.3 Å². The van der Waals surface area contributed by atoms with Crippen LogP contribution in [0.25, 0.3) is 0 Å². The number of halogens is 1. The van der Waals surface area contributed by atoms with Crippen molar-refractivity contribution in [1.29, 1.82) is 0 Å². The van der Waals surface area contributed by atoms with Crippen LogP contribution < -0.4 is 5.32 Å². The highest BCUT2D eigenvalue weighted by Crippen LogP contribution is 2.22. The van der Waals surface area contributed by atoms with Crippen LogP contribution in [0.3, 0.4) is 0 Å². The first-order chi connectivity index (χ1) is 10.8. The normalized spacial score (nSPS) is 13.6. The Bertz CT molecular complexity index is 683. The number of benzene rings is 1. The highest BCUT2D eigenvalue weighted by Gasteiger charge is 2.25. The van der Waals surface area contributed by atoms with Crippen LogP contribution in [0.2, 0.25) is 0 Å².